The molecule has 0 heterocycles. The number of aryl methyl sites for hydroxylation is 2. The number of carbonyl (C=O) groups excluding carboxylic acids is 1. The molecular formula is C21H27FN2O3S. The van der Waals surface area contributed by atoms with E-state index in [1.165, 1.54) is 18.2 Å². The third-order valence-corrected chi connectivity index (χ3v) is 5.85. The number of para-hydroxylation sites is 1. The van der Waals surface area contributed by atoms with Gasteiger partial charge < -0.3 is 5.32 Å². The fourth-order valence-corrected chi connectivity index (χ4v) is 4.49. The molecule has 0 aromatic heterocycles. The molecule has 2 aromatic carbocycles. The Kier molecular flexibility index (Phi) is 6.82. The summed E-state index contributed by atoms with van der Waals surface area (Å²) >= 11 is 0. The highest BCUT2D eigenvalue weighted by Gasteiger charge is 2.33. The van der Waals surface area contributed by atoms with Crippen molar-refractivity contribution in [3.63, 3.8) is 0 Å². The SMILES string of the molecule is CC[C@@H](C(=O)N[C@@H](C)c1cc(C)ccc1C)N(c1ccccc1F)S(C)(=O)=O. The molecule has 0 aliphatic rings. The number of amides is 1. The maximum absolute atomic E-state index is 14.3. The molecule has 0 radical (unpaired) electrons. The summed E-state index contributed by atoms with van der Waals surface area (Å²) in [6.07, 6.45) is 1.18. The molecule has 28 heavy (non-hydrogen) atoms. The second kappa shape index (κ2) is 8.73. The molecule has 2 rings (SSSR count). The average Bonchev–Trinajstić information content (AvgIpc) is 2.61. The van der Waals surface area contributed by atoms with E-state index in [0.29, 0.717) is 0 Å². The zero-order valence-electron chi connectivity index (χ0n) is 16.9. The van der Waals surface area contributed by atoms with Crippen LogP contribution in [-0.2, 0) is 14.8 Å². The minimum Gasteiger partial charge on any atom is -0.348 e. The third-order valence-electron chi connectivity index (χ3n) is 4.68. The van der Waals surface area contributed by atoms with E-state index < -0.39 is 27.8 Å². The largest absolute Gasteiger partial charge is 0.348 e. The Bertz CT molecular complexity index is 960. The van der Waals surface area contributed by atoms with E-state index >= 15 is 0 Å². The predicted molar refractivity (Wildman–Crippen MR) is 110 cm³/mol. The summed E-state index contributed by atoms with van der Waals surface area (Å²) < 4.78 is 40.0. The van der Waals surface area contributed by atoms with Crippen LogP contribution in [-0.4, -0.2) is 26.6 Å². The number of hydrogen-bond donors (Lipinski definition) is 1. The van der Waals surface area contributed by atoms with Gasteiger partial charge in [0.2, 0.25) is 15.9 Å². The first-order valence-corrected chi connectivity index (χ1v) is 11.0. The van der Waals surface area contributed by atoms with Crippen LogP contribution in [0.2, 0.25) is 0 Å². The highest BCUT2D eigenvalue weighted by molar-refractivity contribution is 7.92. The number of nitrogens with one attached hydrogen (secondary N) is 1. The van der Waals surface area contributed by atoms with Crippen molar-refractivity contribution in [2.45, 2.75) is 46.2 Å². The third kappa shape index (κ3) is 4.90. The summed E-state index contributed by atoms with van der Waals surface area (Å²) in [6, 6.07) is 10.1. The molecule has 0 unspecified atom stereocenters. The molecule has 1 N–H and O–H groups in total. The minimum absolute atomic E-state index is 0.133. The Labute approximate surface area is 166 Å². The summed E-state index contributed by atoms with van der Waals surface area (Å²) in [5.41, 5.74) is 2.92. The quantitative estimate of drug-likeness (QED) is 0.759. The normalized spacial score (nSPS) is 13.6. The van der Waals surface area contributed by atoms with Crippen LogP contribution < -0.4 is 9.62 Å². The molecule has 0 bridgehead atoms. The van der Waals surface area contributed by atoms with Crippen molar-refractivity contribution >= 4 is 21.6 Å². The van der Waals surface area contributed by atoms with Gasteiger partial charge in [-0.15, -0.1) is 0 Å². The highest BCUT2D eigenvalue weighted by atomic mass is 32.2. The molecule has 5 nitrogen and oxygen atoms in total. The monoisotopic (exact) mass is 406 g/mol. The molecular weight excluding hydrogens is 379 g/mol. The first-order chi connectivity index (χ1) is 13.1. The zero-order chi connectivity index (χ0) is 21.1. The average molecular weight is 407 g/mol. The number of benzene rings is 2. The zero-order valence-corrected chi connectivity index (χ0v) is 17.7. The first-order valence-electron chi connectivity index (χ1n) is 9.17. The Morgan fingerprint density at radius 1 is 1.18 bits per heavy atom. The lowest BCUT2D eigenvalue weighted by Gasteiger charge is -2.31. The highest BCUT2D eigenvalue weighted by Crippen LogP contribution is 2.26. The van der Waals surface area contributed by atoms with Gasteiger partial charge in [0.05, 0.1) is 18.0 Å². The van der Waals surface area contributed by atoms with Gasteiger partial charge in [0, 0.05) is 0 Å². The summed E-state index contributed by atoms with van der Waals surface area (Å²) in [4.78, 5) is 13.0. The second-order valence-corrected chi connectivity index (χ2v) is 8.88. The maximum Gasteiger partial charge on any atom is 0.244 e. The van der Waals surface area contributed by atoms with E-state index in [1.54, 1.807) is 13.0 Å². The van der Waals surface area contributed by atoms with Crippen molar-refractivity contribution < 1.29 is 17.6 Å². The summed E-state index contributed by atoms with van der Waals surface area (Å²) in [6.45, 7) is 7.47. The molecule has 1 amide bonds. The second-order valence-electron chi connectivity index (χ2n) is 7.02. The lowest BCUT2D eigenvalue weighted by molar-refractivity contribution is -0.122. The Morgan fingerprint density at radius 2 is 1.82 bits per heavy atom. The Balaban J connectivity index is 2.37. The lowest BCUT2D eigenvalue weighted by atomic mass is 9.99. The van der Waals surface area contributed by atoms with E-state index in [1.807, 2.05) is 39.0 Å². The topological polar surface area (TPSA) is 66.5 Å². The number of sulfonamides is 1. The van der Waals surface area contributed by atoms with Gasteiger partial charge in [0.15, 0.2) is 0 Å². The van der Waals surface area contributed by atoms with Crippen LogP contribution in [0.3, 0.4) is 0 Å². The molecule has 2 atom stereocenters. The lowest BCUT2D eigenvalue weighted by Crippen LogP contribution is -2.50. The van der Waals surface area contributed by atoms with Crippen molar-refractivity contribution in [3.8, 4) is 0 Å². The van der Waals surface area contributed by atoms with Crippen LogP contribution in [0.15, 0.2) is 42.5 Å². The van der Waals surface area contributed by atoms with Crippen LogP contribution in [0, 0.1) is 19.7 Å². The molecule has 0 saturated carbocycles. The van der Waals surface area contributed by atoms with E-state index in [-0.39, 0.29) is 18.2 Å². The van der Waals surface area contributed by atoms with E-state index in [2.05, 4.69) is 5.32 Å². The Morgan fingerprint density at radius 3 is 2.39 bits per heavy atom. The summed E-state index contributed by atoms with van der Waals surface area (Å²) in [7, 11) is -3.88. The van der Waals surface area contributed by atoms with Gasteiger partial charge in [-0.1, -0.05) is 42.8 Å². The van der Waals surface area contributed by atoms with Crippen molar-refractivity contribution in [1.29, 1.82) is 0 Å². The van der Waals surface area contributed by atoms with E-state index in [9.17, 15) is 17.6 Å². The van der Waals surface area contributed by atoms with Crippen molar-refractivity contribution in [1.82, 2.24) is 5.32 Å². The maximum atomic E-state index is 14.3. The van der Waals surface area contributed by atoms with Gasteiger partial charge in [-0.2, -0.15) is 0 Å². The predicted octanol–water partition coefficient (Wildman–Crippen LogP) is 3.86. The van der Waals surface area contributed by atoms with Crippen molar-refractivity contribution in [3.05, 3.63) is 65.0 Å². The van der Waals surface area contributed by atoms with Crippen molar-refractivity contribution in [2.75, 3.05) is 10.6 Å². The fraction of sp³-hybridized carbons (Fsp3) is 0.381. The number of carbonyl (C=O) groups is 1. The molecule has 2 aromatic rings. The molecule has 152 valence electrons. The molecule has 0 saturated heterocycles. The van der Waals surface area contributed by atoms with E-state index in [4.69, 9.17) is 0 Å². The summed E-state index contributed by atoms with van der Waals surface area (Å²) in [5, 5.41) is 2.89. The molecule has 0 spiro atoms. The Hall–Kier alpha value is -2.41. The van der Waals surface area contributed by atoms with Crippen LogP contribution in [0.4, 0.5) is 10.1 Å². The van der Waals surface area contributed by atoms with Crippen LogP contribution >= 0.6 is 0 Å². The van der Waals surface area contributed by atoms with Gasteiger partial charge in [0.1, 0.15) is 11.9 Å². The van der Waals surface area contributed by atoms with Crippen LogP contribution in [0.1, 0.15) is 43.0 Å². The van der Waals surface area contributed by atoms with Gasteiger partial charge in [-0.05, 0) is 50.5 Å². The minimum atomic E-state index is -3.88. The standard InChI is InChI=1S/C21H27FN2O3S/c1-6-19(24(28(5,26)27)20-10-8-7-9-18(20)22)21(25)23-16(4)17-13-14(2)11-12-15(17)3/h7-13,16,19H,6H2,1-5H3,(H,23,25)/t16-,19-/m0/s1. The fourth-order valence-electron chi connectivity index (χ4n) is 3.28. The number of hydrogen-bond acceptors (Lipinski definition) is 3. The van der Waals surface area contributed by atoms with E-state index in [0.717, 1.165) is 27.3 Å². The molecule has 0 aliphatic heterocycles. The number of anilines is 1. The first kappa shape index (κ1) is 21.9. The van der Waals surface area contributed by atoms with Crippen LogP contribution in [0.5, 0.6) is 0 Å². The summed E-state index contributed by atoms with van der Waals surface area (Å²) in [5.74, 6) is -1.16. The molecule has 0 aliphatic carbocycles. The number of nitrogens with zero attached hydrogens (tertiary/aromatic N) is 1. The van der Waals surface area contributed by atoms with Gasteiger partial charge >= 0.3 is 0 Å². The van der Waals surface area contributed by atoms with Gasteiger partial charge in [-0.25, -0.2) is 12.8 Å². The van der Waals surface area contributed by atoms with Gasteiger partial charge in [0.25, 0.3) is 0 Å². The number of halogens is 1. The van der Waals surface area contributed by atoms with Gasteiger partial charge in [-0.3, -0.25) is 9.10 Å². The number of rotatable bonds is 7. The molecule has 0 fully saturated rings. The smallest absolute Gasteiger partial charge is 0.244 e. The van der Waals surface area contributed by atoms with Crippen LogP contribution in [0.25, 0.3) is 0 Å². The molecule has 7 heteroatoms. The van der Waals surface area contributed by atoms with Crippen molar-refractivity contribution in [2.24, 2.45) is 0 Å².